The summed E-state index contributed by atoms with van der Waals surface area (Å²) in [5.74, 6) is 0.418. The second-order valence-corrected chi connectivity index (χ2v) is 4.94. The van der Waals surface area contributed by atoms with E-state index >= 15 is 0 Å². The lowest BCUT2D eigenvalue weighted by Crippen LogP contribution is -2.25. The maximum atomic E-state index is 13.6. The van der Waals surface area contributed by atoms with Crippen LogP contribution in [0.5, 0.6) is 5.75 Å². The lowest BCUT2D eigenvalue weighted by molar-refractivity contribution is 0.166. The van der Waals surface area contributed by atoms with E-state index in [-0.39, 0.29) is 18.4 Å². The Morgan fingerprint density at radius 1 is 1.14 bits per heavy atom. The van der Waals surface area contributed by atoms with Crippen LogP contribution in [-0.4, -0.2) is 18.8 Å². The Labute approximate surface area is 124 Å². The zero-order valence-corrected chi connectivity index (χ0v) is 12.2. The Morgan fingerprint density at radius 3 is 2.43 bits per heavy atom. The van der Waals surface area contributed by atoms with Gasteiger partial charge in [0.15, 0.2) is 0 Å². The molecule has 21 heavy (non-hydrogen) atoms. The van der Waals surface area contributed by atoms with Crippen molar-refractivity contribution in [2.75, 3.05) is 13.7 Å². The minimum Gasteiger partial charge on any atom is -0.497 e. The van der Waals surface area contributed by atoms with E-state index in [4.69, 9.17) is 4.74 Å². The van der Waals surface area contributed by atoms with E-state index < -0.39 is 6.10 Å². The number of hydrogen-bond acceptors (Lipinski definition) is 3. The number of rotatable bonds is 6. The Bertz CT molecular complexity index is 571. The minimum atomic E-state index is -0.869. The number of methoxy groups -OCH3 is 1. The fraction of sp³-hybridized carbons (Fsp3) is 0.294. The van der Waals surface area contributed by atoms with Crippen LogP contribution in [0.4, 0.5) is 4.39 Å². The van der Waals surface area contributed by atoms with E-state index in [0.717, 1.165) is 11.3 Å². The highest BCUT2D eigenvalue weighted by Crippen LogP contribution is 2.19. The molecule has 0 heterocycles. The first-order chi connectivity index (χ1) is 10.1. The van der Waals surface area contributed by atoms with Gasteiger partial charge in [-0.15, -0.1) is 0 Å². The highest BCUT2D eigenvalue weighted by Gasteiger charge is 2.13. The lowest BCUT2D eigenvalue weighted by Gasteiger charge is -2.18. The third-order valence-electron chi connectivity index (χ3n) is 3.50. The van der Waals surface area contributed by atoms with E-state index in [1.165, 1.54) is 6.07 Å². The molecule has 0 radical (unpaired) electrons. The van der Waals surface area contributed by atoms with Crippen molar-refractivity contribution in [3.63, 3.8) is 0 Å². The second kappa shape index (κ2) is 7.20. The Hall–Kier alpha value is -1.91. The van der Waals surface area contributed by atoms with Gasteiger partial charge in [-0.3, -0.25) is 0 Å². The molecule has 2 N–H and O–H groups in total. The van der Waals surface area contributed by atoms with Gasteiger partial charge >= 0.3 is 0 Å². The number of nitrogens with one attached hydrogen (secondary N) is 1. The van der Waals surface area contributed by atoms with Crippen LogP contribution in [0.15, 0.2) is 48.5 Å². The SMILES string of the molecule is COc1ccc([C@H](C)NCC(O)c2ccccc2F)cc1. The van der Waals surface area contributed by atoms with Gasteiger partial charge in [-0.25, -0.2) is 4.39 Å². The van der Waals surface area contributed by atoms with E-state index in [1.54, 1.807) is 25.3 Å². The summed E-state index contributed by atoms with van der Waals surface area (Å²) in [6.07, 6.45) is -0.869. The van der Waals surface area contributed by atoms with Gasteiger partial charge in [-0.2, -0.15) is 0 Å². The molecule has 1 unspecified atom stereocenters. The molecule has 0 spiro atoms. The van der Waals surface area contributed by atoms with Crippen molar-refractivity contribution in [1.82, 2.24) is 5.32 Å². The highest BCUT2D eigenvalue weighted by atomic mass is 19.1. The first-order valence-corrected chi connectivity index (χ1v) is 6.91. The van der Waals surface area contributed by atoms with Crippen molar-refractivity contribution >= 4 is 0 Å². The van der Waals surface area contributed by atoms with Crippen molar-refractivity contribution in [2.45, 2.75) is 19.1 Å². The van der Waals surface area contributed by atoms with Gasteiger partial charge in [-0.1, -0.05) is 30.3 Å². The summed E-state index contributed by atoms with van der Waals surface area (Å²) >= 11 is 0. The van der Waals surface area contributed by atoms with Gasteiger partial charge in [0.1, 0.15) is 11.6 Å². The molecule has 112 valence electrons. The molecule has 3 nitrogen and oxygen atoms in total. The van der Waals surface area contributed by atoms with Crippen LogP contribution in [0.1, 0.15) is 30.2 Å². The molecule has 4 heteroatoms. The van der Waals surface area contributed by atoms with Crippen molar-refractivity contribution in [3.05, 3.63) is 65.5 Å². The van der Waals surface area contributed by atoms with Gasteiger partial charge in [0.05, 0.1) is 13.2 Å². The van der Waals surface area contributed by atoms with Crippen LogP contribution in [0.2, 0.25) is 0 Å². The molecule has 2 atom stereocenters. The summed E-state index contributed by atoms with van der Waals surface area (Å²) in [6, 6.07) is 14.0. The molecule has 0 saturated heterocycles. The number of ether oxygens (including phenoxy) is 1. The van der Waals surface area contributed by atoms with E-state index in [9.17, 15) is 9.50 Å². The molecule has 2 aromatic carbocycles. The minimum absolute atomic E-state index is 0.0531. The first kappa shape index (κ1) is 15.5. The lowest BCUT2D eigenvalue weighted by atomic mass is 10.1. The standard InChI is InChI=1S/C17H20FNO2/c1-12(13-7-9-14(21-2)10-8-13)19-11-17(20)15-5-3-4-6-16(15)18/h3-10,12,17,19-20H,11H2,1-2H3/t12-,17?/m0/s1. The zero-order chi connectivity index (χ0) is 15.2. The molecule has 0 aromatic heterocycles. The van der Waals surface area contributed by atoms with Gasteiger partial charge in [0.25, 0.3) is 0 Å². The quantitative estimate of drug-likeness (QED) is 0.858. The number of hydrogen-bond donors (Lipinski definition) is 2. The maximum Gasteiger partial charge on any atom is 0.129 e. The average Bonchev–Trinajstić information content (AvgIpc) is 2.52. The Kier molecular flexibility index (Phi) is 5.31. The van der Waals surface area contributed by atoms with Crippen LogP contribution < -0.4 is 10.1 Å². The maximum absolute atomic E-state index is 13.6. The van der Waals surface area contributed by atoms with Gasteiger partial charge < -0.3 is 15.2 Å². The largest absolute Gasteiger partial charge is 0.497 e. The fourth-order valence-electron chi connectivity index (χ4n) is 2.15. The Balaban J connectivity index is 1.94. The molecule has 0 saturated carbocycles. The van der Waals surface area contributed by atoms with Crippen molar-refractivity contribution in [3.8, 4) is 5.75 Å². The smallest absolute Gasteiger partial charge is 0.129 e. The van der Waals surface area contributed by atoms with Crippen molar-refractivity contribution in [1.29, 1.82) is 0 Å². The van der Waals surface area contributed by atoms with Crippen molar-refractivity contribution in [2.24, 2.45) is 0 Å². The van der Waals surface area contributed by atoms with Crippen LogP contribution >= 0.6 is 0 Å². The molecular formula is C17H20FNO2. The predicted molar refractivity (Wildman–Crippen MR) is 80.8 cm³/mol. The van der Waals surface area contributed by atoms with E-state index in [1.807, 2.05) is 31.2 Å². The van der Waals surface area contributed by atoms with Crippen LogP contribution in [0, 0.1) is 5.82 Å². The number of benzene rings is 2. The number of aliphatic hydroxyl groups is 1. The Morgan fingerprint density at radius 2 is 1.81 bits per heavy atom. The summed E-state index contributed by atoms with van der Waals surface area (Å²) in [7, 11) is 1.63. The summed E-state index contributed by atoms with van der Waals surface area (Å²) in [4.78, 5) is 0. The van der Waals surface area contributed by atoms with E-state index in [0.29, 0.717) is 5.56 Å². The normalized spacial score (nSPS) is 13.7. The molecule has 0 amide bonds. The molecule has 2 aromatic rings. The summed E-state index contributed by atoms with van der Waals surface area (Å²) in [5, 5.41) is 13.3. The second-order valence-electron chi connectivity index (χ2n) is 4.94. The predicted octanol–water partition coefficient (Wildman–Crippen LogP) is 3.22. The molecule has 0 aliphatic rings. The summed E-state index contributed by atoms with van der Waals surface area (Å²) in [5.41, 5.74) is 1.39. The average molecular weight is 289 g/mol. The first-order valence-electron chi connectivity index (χ1n) is 6.91. The van der Waals surface area contributed by atoms with Crippen LogP contribution in [-0.2, 0) is 0 Å². The topological polar surface area (TPSA) is 41.5 Å². The molecule has 2 rings (SSSR count). The van der Waals surface area contributed by atoms with Gasteiger partial charge in [-0.05, 0) is 30.7 Å². The fourth-order valence-corrected chi connectivity index (χ4v) is 2.15. The molecule has 0 fully saturated rings. The number of aliphatic hydroxyl groups excluding tert-OH is 1. The third-order valence-corrected chi connectivity index (χ3v) is 3.50. The van der Waals surface area contributed by atoms with Crippen LogP contribution in [0.25, 0.3) is 0 Å². The van der Waals surface area contributed by atoms with Gasteiger partial charge in [0.2, 0.25) is 0 Å². The molecule has 0 aliphatic carbocycles. The zero-order valence-electron chi connectivity index (χ0n) is 12.2. The summed E-state index contributed by atoms with van der Waals surface area (Å²) < 4.78 is 18.7. The molecule has 0 aliphatic heterocycles. The molecule has 0 bridgehead atoms. The van der Waals surface area contributed by atoms with Crippen molar-refractivity contribution < 1.29 is 14.2 Å². The highest BCUT2D eigenvalue weighted by molar-refractivity contribution is 5.29. The number of halogens is 1. The monoisotopic (exact) mass is 289 g/mol. The van der Waals surface area contributed by atoms with E-state index in [2.05, 4.69) is 5.32 Å². The third kappa shape index (κ3) is 4.03. The van der Waals surface area contributed by atoms with Crippen LogP contribution in [0.3, 0.4) is 0 Å². The summed E-state index contributed by atoms with van der Waals surface area (Å²) in [6.45, 7) is 2.28. The molecular weight excluding hydrogens is 269 g/mol. The van der Waals surface area contributed by atoms with Gasteiger partial charge in [0, 0.05) is 18.2 Å².